The van der Waals surface area contributed by atoms with E-state index in [1.165, 1.54) is 19.9 Å². The van der Waals surface area contributed by atoms with Gasteiger partial charge in [0.15, 0.2) is 18.3 Å². The van der Waals surface area contributed by atoms with Gasteiger partial charge in [0, 0.05) is 24.1 Å². The van der Waals surface area contributed by atoms with Crippen LogP contribution in [0.15, 0.2) is 16.9 Å². The van der Waals surface area contributed by atoms with Crippen molar-refractivity contribution >= 4 is 33.8 Å². The van der Waals surface area contributed by atoms with Gasteiger partial charge < -0.3 is 14.2 Å². The molecule has 1 heterocycles. The number of alkyl halides is 1. The van der Waals surface area contributed by atoms with Crippen LogP contribution in [0.4, 0.5) is 0 Å². The molecule has 9 nitrogen and oxygen atoms in total. The Hall–Kier alpha value is -2.06. The molecule has 0 saturated carbocycles. The van der Waals surface area contributed by atoms with Gasteiger partial charge >= 0.3 is 17.9 Å². The highest BCUT2D eigenvalue weighted by atomic mass is 79.9. The van der Waals surface area contributed by atoms with Gasteiger partial charge in [0.1, 0.15) is 5.70 Å². The molecule has 0 radical (unpaired) electrons. The lowest BCUT2D eigenvalue weighted by Crippen LogP contribution is -2.43. The molecule has 0 N–H and O–H groups in total. The van der Waals surface area contributed by atoms with E-state index in [2.05, 4.69) is 26.0 Å². The molecule has 0 unspecified atom stereocenters. The predicted molar refractivity (Wildman–Crippen MR) is 72.0 cm³/mol. The minimum atomic E-state index is -1.05. The van der Waals surface area contributed by atoms with E-state index in [9.17, 15) is 14.4 Å². The molecule has 3 atom stereocenters. The molecule has 1 aliphatic rings. The molecule has 0 aromatic heterocycles. The Morgan fingerprint density at radius 3 is 2.57 bits per heavy atom. The fourth-order valence-electron chi connectivity index (χ4n) is 1.67. The van der Waals surface area contributed by atoms with E-state index in [0.717, 1.165) is 0 Å². The Kier molecular flexibility index (Phi) is 6.19. The monoisotopic (exact) mass is 361 g/mol. The molecule has 114 valence electrons. The average Bonchev–Trinajstić information content (AvgIpc) is 2.75. The summed E-state index contributed by atoms with van der Waals surface area (Å²) in [5, 5.41) is 3.33. The van der Waals surface area contributed by atoms with Crippen molar-refractivity contribution in [2.24, 2.45) is 5.11 Å². The molecule has 21 heavy (non-hydrogen) atoms. The van der Waals surface area contributed by atoms with Crippen molar-refractivity contribution in [1.29, 1.82) is 0 Å². The summed E-state index contributed by atoms with van der Waals surface area (Å²) >= 11 is 3.13. The molecule has 0 amide bonds. The summed E-state index contributed by atoms with van der Waals surface area (Å²) < 4.78 is 15.0. The van der Waals surface area contributed by atoms with Gasteiger partial charge in [0.05, 0.1) is 0 Å². The highest BCUT2D eigenvalue weighted by Crippen LogP contribution is 2.23. The summed E-state index contributed by atoms with van der Waals surface area (Å²) in [6.45, 7) is 2.36. The molecule has 0 bridgehead atoms. The molecular formula is C11H12BrN3O6. The van der Waals surface area contributed by atoms with Crippen LogP contribution in [0.2, 0.25) is 0 Å². The van der Waals surface area contributed by atoms with Gasteiger partial charge in [-0.3, -0.25) is 9.59 Å². The zero-order valence-electron chi connectivity index (χ0n) is 11.2. The van der Waals surface area contributed by atoms with Gasteiger partial charge in [0.2, 0.25) is 0 Å². The lowest BCUT2D eigenvalue weighted by Gasteiger charge is -2.27. The minimum absolute atomic E-state index is 0.156. The molecule has 0 aromatic rings. The Bertz CT molecular complexity index is 528. The maximum absolute atomic E-state index is 11.5. The van der Waals surface area contributed by atoms with E-state index in [-0.39, 0.29) is 11.0 Å². The summed E-state index contributed by atoms with van der Waals surface area (Å²) in [6, 6.07) is 0. The third-order valence-corrected chi connectivity index (χ3v) is 3.03. The van der Waals surface area contributed by atoms with Crippen molar-refractivity contribution in [1.82, 2.24) is 0 Å². The number of cyclic esters (lactones) is 1. The quantitative estimate of drug-likeness (QED) is 0.175. The molecule has 0 saturated heterocycles. The molecular weight excluding hydrogens is 350 g/mol. The smallest absolute Gasteiger partial charge is 0.341 e. The lowest BCUT2D eigenvalue weighted by atomic mass is 10.1. The molecule has 1 aliphatic heterocycles. The van der Waals surface area contributed by atoms with Gasteiger partial charge in [-0.2, -0.15) is 0 Å². The van der Waals surface area contributed by atoms with E-state index >= 15 is 0 Å². The molecule has 0 fully saturated rings. The fourth-order valence-corrected chi connectivity index (χ4v) is 2.17. The SMILES string of the molecule is CC(=O)O[C@@H]([C@H]1C=C(N=[N+]=[N-])C(=O)O1)[C@@H](CBr)OC(C)=O. The van der Waals surface area contributed by atoms with Crippen molar-refractivity contribution in [3.63, 3.8) is 0 Å². The highest BCUT2D eigenvalue weighted by Gasteiger charge is 2.39. The van der Waals surface area contributed by atoms with Gasteiger partial charge in [-0.05, 0) is 11.6 Å². The molecule has 0 spiro atoms. The van der Waals surface area contributed by atoms with E-state index in [1.807, 2.05) is 0 Å². The Morgan fingerprint density at radius 2 is 2.10 bits per heavy atom. The van der Waals surface area contributed by atoms with Crippen LogP contribution in [-0.4, -0.2) is 41.5 Å². The number of ether oxygens (including phenoxy) is 3. The second-order valence-corrected chi connectivity index (χ2v) is 4.63. The van der Waals surface area contributed by atoms with Crippen LogP contribution in [0.5, 0.6) is 0 Å². The van der Waals surface area contributed by atoms with Crippen molar-refractivity contribution in [3.8, 4) is 0 Å². The Labute approximate surface area is 128 Å². The molecule has 1 rings (SSSR count). The van der Waals surface area contributed by atoms with Crippen LogP contribution in [0.25, 0.3) is 10.4 Å². The highest BCUT2D eigenvalue weighted by molar-refractivity contribution is 9.09. The van der Waals surface area contributed by atoms with Gasteiger partial charge in [-0.1, -0.05) is 21.0 Å². The van der Waals surface area contributed by atoms with Crippen molar-refractivity contribution < 1.29 is 28.6 Å². The Morgan fingerprint density at radius 1 is 1.48 bits per heavy atom. The Balaban J connectivity index is 3.02. The van der Waals surface area contributed by atoms with Crippen LogP contribution >= 0.6 is 15.9 Å². The lowest BCUT2D eigenvalue weighted by molar-refractivity contribution is -0.174. The second-order valence-electron chi connectivity index (χ2n) is 3.99. The largest absolute Gasteiger partial charge is 0.458 e. The number of halogens is 1. The van der Waals surface area contributed by atoms with Crippen molar-refractivity contribution in [2.75, 3.05) is 5.33 Å². The standard InChI is InChI=1S/C11H12BrN3O6/c1-5(16)19-9(4-12)10(20-6(2)17)8-3-7(14-15-13)11(18)21-8/h3,8-10H,4H2,1-2H3/t8-,9-,10+/m1/s1. The van der Waals surface area contributed by atoms with Crippen LogP contribution in [-0.2, 0) is 28.6 Å². The van der Waals surface area contributed by atoms with Gasteiger partial charge in [-0.15, -0.1) is 0 Å². The van der Waals surface area contributed by atoms with Crippen molar-refractivity contribution in [2.45, 2.75) is 32.2 Å². The second kappa shape index (κ2) is 7.65. The molecule has 10 heteroatoms. The topological polar surface area (TPSA) is 128 Å². The third-order valence-electron chi connectivity index (χ3n) is 2.39. The van der Waals surface area contributed by atoms with Gasteiger partial charge in [-0.25, -0.2) is 4.79 Å². The fraction of sp³-hybridized carbons (Fsp3) is 0.545. The predicted octanol–water partition coefficient (Wildman–Crippen LogP) is 1.36. The number of hydrogen-bond acceptors (Lipinski definition) is 7. The summed E-state index contributed by atoms with van der Waals surface area (Å²) in [4.78, 5) is 36.2. The molecule has 0 aromatic carbocycles. The summed E-state index contributed by atoms with van der Waals surface area (Å²) in [6.07, 6.45) is -1.72. The maximum Gasteiger partial charge on any atom is 0.341 e. The van der Waals surface area contributed by atoms with Crippen LogP contribution in [0, 0.1) is 0 Å². The van der Waals surface area contributed by atoms with E-state index in [1.54, 1.807) is 0 Å². The number of rotatable bonds is 6. The number of nitrogens with zero attached hydrogens (tertiary/aromatic N) is 3. The van der Waals surface area contributed by atoms with Crippen molar-refractivity contribution in [3.05, 3.63) is 22.2 Å². The van der Waals surface area contributed by atoms with E-state index in [4.69, 9.17) is 19.7 Å². The van der Waals surface area contributed by atoms with Gasteiger partial charge in [0.25, 0.3) is 0 Å². The van der Waals surface area contributed by atoms with E-state index in [0.29, 0.717) is 0 Å². The minimum Gasteiger partial charge on any atom is -0.458 e. The third kappa shape index (κ3) is 4.76. The number of carbonyl (C=O) groups is 3. The number of esters is 3. The first-order valence-corrected chi connectivity index (χ1v) is 6.89. The van der Waals surface area contributed by atoms with E-state index < -0.39 is 36.2 Å². The zero-order valence-corrected chi connectivity index (χ0v) is 12.8. The summed E-state index contributed by atoms with van der Waals surface area (Å²) in [7, 11) is 0. The zero-order chi connectivity index (χ0) is 16.0. The first-order chi connectivity index (χ1) is 9.88. The average molecular weight is 362 g/mol. The summed E-state index contributed by atoms with van der Waals surface area (Å²) in [5.41, 5.74) is 8.10. The molecule has 0 aliphatic carbocycles. The first kappa shape index (κ1) is 17.0. The first-order valence-electron chi connectivity index (χ1n) is 5.77. The van der Waals surface area contributed by atoms with Crippen LogP contribution in [0.1, 0.15) is 13.8 Å². The van der Waals surface area contributed by atoms with Crippen LogP contribution < -0.4 is 0 Å². The number of carbonyl (C=O) groups excluding carboxylic acids is 3. The normalized spacial score (nSPS) is 19.7. The summed E-state index contributed by atoms with van der Waals surface area (Å²) in [5.74, 6) is -2.06. The number of hydrogen-bond donors (Lipinski definition) is 0. The maximum atomic E-state index is 11.5. The van der Waals surface area contributed by atoms with Crippen LogP contribution in [0.3, 0.4) is 0 Å². The number of azide groups is 1.